The van der Waals surface area contributed by atoms with E-state index in [1.54, 1.807) is 12.1 Å². The molecule has 0 aliphatic rings. The van der Waals surface area contributed by atoms with Crippen molar-refractivity contribution < 1.29 is 22.4 Å². The van der Waals surface area contributed by atoms with Gasteiger partial charge in [0, 0.05) is 18.4 Å². The SMILES string of the molecule is CC(=O)Oc1cccc2cc(S(N)(=O)=O)oc12. The van der Waals surface area contributed by atoms with Gasteiger partial charge in [0.05, 0.1) is 0 Å². The molecule has 0 radical (unpaired) electrons. The number of sulfonamides is 1. The van der Waals surface area contributed by atoms with E-state index in [4.69, 9.17) is 14.3 Å². The minimum Gasteiger partial charge on any atom is -0.439 e. The minimum atomic E-state index is -3.92. The van der Waals surface area contributed by atoms with Crippen LogP contribution in [-0.2, 0) is 14.8 Å². The predicted octanol–water partition coefficient (Wildman–Crippen LogP) is 1.01. The van der Waals surface area contributed by atoms with Crippen LogP contribution in [0.5, 0.6) is 5.75 Å². The number of carbonyl (C=O) groups excluding carboxylic acids is 1. The monoisotopic (exact) mass is 255 g/mol. The first-order valence-electron chi connectivity index (χ1n) is 4.62. The fourth-order valence-electron chi connectivity index (χ4n) is 1.39. The Labute approximate surface area is 97.0 Å². The first-order chi connectivity index (χ1) is 7.88. The summed E-state index contributed by atoms with van der Waals surface area (Å²) in [6.45, 7) is 1.24. The highest BCUT2D eigenvalue weighted by molar-refractivity contribution is 7.89. The zero-order valence-electron chi connectivity index (χ0n) is 8.84. The maximum absolute atomic E-state index is 11.1. The highest BCUT2D eigenvalue weighted by Gasteiger charge is 2.17. The number of esters is 1. The molecule has 0 amide bonds. The molecular weight excluding hydrogens is 246 g/mol. The zero-order valence-corrected chi connectivity index (χ0v) is 9.65. The molecule has 0 saturated heterocycles. The van der Waals surface area contributed by atoms with Crippen LogP contribution < -0.4 is 9.88 Å². The molecule has 1 aromatic carbocycles. The van der Waals surface area contributed by atoms with Crippen molar-refractivity contribution in [3.63, 3.8) is 0 Å². The zero-order chi connectivity index (χ0) is 12.6. The molecule has 0 saturated carbocycles. The lowest BCUT2D eigenvalue weighted by Crippen LogP contribution is -2.10. The molecule has 0 aliphatic carbocycles. The number of fused-ring (bicyclic) bond motifs is 1. The molecule has 0 unspecified atom stereocenters. The highest BCUT2D eigenvalue weighted by atomic mass is 32.2. The molecule has 90 valence electrons. The van der Waals surface area contributed by atoms with Crippen LogP contribution in [0.3, 0.4) is 0 Å². The van der Waals surface area contributed by atoms with Gasteiger partial charge < -0.3 is 9.15 Å². The normalized spacial score (nSPS) is 11.6. The van der Waals surface area contributed by atoms with Crippen molar-refractivity contribution in [2.45, 2.75) is 12.0 Å². The second kappa shape index (κ2) is 3.86. The van der Waals surface area contributed by atoms with Gasteiger partial charge in [-0.3, -0.25) is 4.79 Å². The minimum absolute atomic E-state index is 0.157. The molecule has 2 N–H and O–H groups in total. The van der Waals surface area contributed by atoms with E-state index in [0.29, 0.717) is 5.39 Å². The van der Waals surface area contributed by atoms with Gasteiger partial charge in [-0.25, -0.2) is 13.6 Å². The molecule has 2 aromatic rings. The summed E-state index contributed by atoms with van der Waals surface area (Å²) in [7, 11) is -3.92. The van der Waals surface area contributed by atoms with Gasteiger partial charge in [0.2, 0.25) is 5.09 Å². The molecular formula is C10H9NO5S. The summed E-state index contributed by atoms with van der Waals surface area (Å²) in [4.78, 5) is 10.9. The van der Waals surface area contributed by atoms with Gasteiger partial charge in [-0.15, -0.1) is 0 Å². The molecule has 0 bridgehead atoms. The maximum Gasteiger partial charge on any atom is 0.308 e. The molecule has 1 heterocycles. The van der Waals surface area contributed by atoms with Crippen molar-refractivity contribution >= 4 is 27.0 Å². The Morgan fingerprint density at radius 2 is 2.12 bits per heavy atom. The summed E-state index contributed by atoms with van der Waals surface area (Å²) in [5.41, 5.74) is 0.173. The van der Waals surface area contributed by atoms with Crippen LogP contribution in [0.15, 0.2) is 33.8 Å². The lowest BCUT2D eigenvalue weighted by molar-refractivity contribution is -0.131. The summed E-state index contributed by atoms with van der Waals surface area (Å²) >= 11 is 0. The topological polar surface area (TPSA) is 99.6 Å². The second-order valence-electron chi connectivity index (χ2n) is 3.38. The third-order valence-electron chi connectivity index (χ3n) is 2.02. The number of para-hydroxylation sites is 1. The van der Waals surface area contributed by atoms with Gasteiger partial charge in [0.25, 0.3) is 10.0 Å². The fraction of sp³-hybridized carbons (Fsp3) is 0.100. The summed E-state index contributed by atoms with van der Waals surface area (Å²) in [5.74, 6) is -0.365. The average molecular weight is 255 g/mol. The van der Waals surface area contributed by atoms with E-state index in [9.17, 15) is 13.2 Å². The Morgan fingerprint density at radius 3 is 2.71 bits per heavy atom. The van der Waals surface area contributed by atoms with Gasteiger partial charge in [-0.2, -0.15) is 0 Å². The Morgan fingerprint density at radius 1 is 1.41 bits per heavy atom. The Balaban J connectivity index is 2.65. The third kappa shape index (κ3) is 2.29. The van der Waals surface area contributed by atoms with Crippen LogP contribution in [0.2, 0.25) is 0 Å². The summed E-state index contributed by atoms with van der Waals surface area (Å²) in [6.07, 6.45) is 0. The van der Waals surface area contributed by atoms with Crippen molar-refractivity contribution in [1.82, 2.24) is 0 Å². The molecule has 2 rings (SSSR count). The highest BCUT2D eigenvalue weighted by Crippen LogP contribution is 2.30. The van der Waals surface area contributed by atoms with E-state index in [1.165, 1.54) is 19.1 Å². The van der Waals surface area contributed by atoms with Crippen molar-refractivity contribution in [2.75, 3.05) is 0 Å². The number of carbonyl (C=O) groups is 1. The Kier molecular flexibility index (Phi) is 2.64. The standard InChI is InChI=1S/C10H9NO5S/c1-6(12)15-8-4-2-3-7-5-9(16-10(7)8)17(11,13)14/h2-5H,1H3,(H2,11,13,14). The van der Waals surface area contributed by atoms with Crippen LogP contribution in [0.4, 0.5) is 0 Å². The fourth-order valence-corrected chi connectivity index (χ4v) is 1.88. The van der Waals surface area contributed by atoms with Gasteiger partial charge in [0.1, 0.15) is 0 Å². The van der Waals surface area contributed by atoms with E-state index in [2.05, 4.69) is 0 Å². The number of furan rings is 1. The van der Waals surface area contributed by atoms with Gasteiger partial charge in [-0.05, 0) is 6.07 Å². The first kappa shape index (κ1) is 11.6. The lowest BCUT2D eigenvalue weighted by atomic mass is 10.2. The molecule has 0 atom stereocenters. The average Bonchev–Trinajstić information content (AvgIpc) is 2.60. The summed E-state index contributed by atoms with van der Waals surface area (Å²) in [6, 6.07) is 6.02. The van der Waals surface area contributed by atoms with E-state index in [-0.39, 0.29) is 16.4 Å². The number of hydrogen-bond acceptors (Lipinski definition) is 5. The van der Waals surface area contributed by atoms with Crippen molar-refractivity contribution in [1.29, 1.82) is 0 Å². The number of ether oxygens (including phenoxy) is 1. The summed E-state index contributed by atoms with van der Waals surface area (Å²) < 4.78 is 32.2. The third-order valence-corrected chi connectivity index (χ3v) is 2.78. The van der Waals surface area contributed by atoms with Gasteiger partial charge >= 0.3 is 5.97 Å². The van der Waals surface area contributed by atoms with Crippen LogP contribution in [-0.4, -0.2) is 14.4 Å². The van der Waals surface area contributed by atoms with Crippen LogP contribution in [0.25, 0.3) is 11.0 Å². The predicted molar refractivity (Wildman–Crippen MR) is 58.9 cm³/mol. The van der Waals surface area contributed by atoms with E-state index < -0.39 is 16.0 Å². The van der Waals surface area contributed by atoms with E-state index in [0.717, 1.165) is 0 Å². The smallest absolute Gasteiger partial charge is 0.308 e. The number of benzene rings is 1. The van der Waals surface area contributed by atoms with Crippen molar-refractivity contribution in [3.05, 3.63) is 24.3 Å². The Hall–Kier alpha value is -1.86. The Bertz CT molecular complexity index is 686. The van der Waals surface area contributed by atoms with Crippen molar-refractivity contribution in [2.24, 2.45) is 5.14 Å². The molecule has 0 aliphatic heterocycles. The molecule has 0 spiro atoms. The van der Waals surface area contributed by atoms with E-state index in [1.807, 2.05) is 0 Å². The number of rotatable bonds is 2. The van der Waals surface area contributed by atoms with Crippen LogP contribution in [0, 0.1) is 0 Å². The summed E-state index contributed by atoms with van der Waals surface area (Å²) in [5, 5.41) is 5.07. The van der Waals surface area contributed by atoms with Crippen molar-refractivity contribution in [3.8, 4) is 5.75 Å². The molecule has 17 heavy (non-hydrogen) atoms. The number of nitrogens with two attached hydrogens (primary N) is 1. The quantitative estimate of drug-likeness (QED) is 0.637. The maximum atomic E-state index is 11.1. The lowest BCUT2D eigenvalue weighted by Gasteiger charge is -2.00. The molecule has 6 nitrogen and oxygen atoms in total. The number of hydrogen-bond donors (Lipinski definition) is 1. The van der Waals surface area contributed by atoms with Gasteiger partial charge in [-0.1, -0.05) is 12.1 Å². The molecule has 0 fully saturated rings. The van der Waals surface area contributed by atoms with Gasteiger partial charge in [0.15, 0.2) is 11.3 Å². The second-order valence-corrected chi connectivity index (χ2v) is 4.87. The largest absolute Gasteiger partial charge is 0.439 e. The van der Waals surface area contributed by atoms with Crippen LogP contribution in [0.1, 0.15) is 6.92 Å². The molecule has 1 aromatic heterocycles. The van der Waals surface area contributed by atoms with Crippen LogP contribution >= 0.6 is 0 Å². The number of primary sulfonamides is 1. The van der Waals surface area contributed by atoms with E-state index >= 15 is 0 Å². The first-order valence-corrected chi connectivity index (χ1v) is 6.16. The molecule has 7 heteroatoms.